The second-order valence-electron chi connectivity index (χ2n) is 4.33. The number of nitrogens with one attached hydrogen (secondary N) is 1. The van der Waals surface area contributed by atoms with Crippen molar-refractivity contribution in [1.82, 2.24) is 0 Å². The number of anilines is 1. The van der Waals surface area contributed by atoms with Crippen molar-refractivity contribution in [3.05, 3.63) is 68.7 Å². The number of carbonyl (C=O) groups excluding carboxylic acids is 1. The molecule has 0 unspecified atom stereocenters. The third-order valence-corrected chi connectivity index (χ3v) is 3.27. The average molecular weight is 363 g/mol. The molecule has 7 heteroatoms. The summed E-state index contributed by atoms with van der Waals surface area (Å²) >= 11 is 3.31. The minimum absolute atomic E-state index is 0.0142. The zero-order valence-electron chi connectivity index (χ0n) is 11.2. The predicted molar refractivity (Wildman–Crippen MR) is 86.6 cm³/mol. The standard InChI is InChI=1S/C15H11BrN2O4/c16-11-4-1-10(2-5-11)3-8-15(20)17-13-9-12(18(21)22)6-7-14(13)19/h1-9,19H,(H,17,20)/b8-3+. The minimum atomic E-state index is -0.604. The van der Waals surface area contributed by atoms with E-state index in [0.29, 0.717) is 0 Å². The summed E-state index contributed by atoms with van der Waals surface area (Å²) in [6, 6.07) is 10.7. The van der Waals surface area contributed by atoms with Gasteiger partial charge in [0.1, 0.15) is 5.75 Å². The molecule has 0 saturated carbocycles. The second kappa shape index (κ2) is 6.86. The SMILES string of the molecule is O=C(/C=C/c1ccc(Br)cc1)Nc1cc([N+](=O)[O-])ccc1O. The van der Waals surface area contributed by atoms with E-state index in [2.05, 4.69) is 21.2 Å². The van der Waals surface area contributed by atoms with Gasteiger partial charge >= 0.3 is 0 Å². The molecule has 0 heterocycles. The molecule has 0 aliphatic rings. The molecule has 0 fully saturated rings. The lowest BCUT2D eigenvalue weighted by Gasteiger charge is -2.04. The van der Waals surface area contributed by atoms with E-state index < -0.39 is 10.8 Å². The van der Waals surface area contributed by atoms with Gasteiger partial charge in [0, 0.05) is 22.7 Å². The molecule has 0 saturated heterocycles. The van der Waals surface area contributed by atoms with Crippen LogP contribution in [0.4, 0.5) is 11.4 Å². The highest BCUT2D eigenvalue weighted by atomic mass is 79.9. The number of rotatable bonds is 4. The van der Waals surface area contributed by atoms with Gasteiger partial charge in [-0.15, -0.1) is 0 Å². The Hall–Kier alpha value is -2.67. The van der Waals surface area contributed by atoms with Crippen LogP contribution in [0, 0.1) is 10.1 Å². The smallest absolute Gasteiger partial charge is 0.271 e. The van der Waals surface area contributed by atoms with Gasteiger partial charge in [-0.3, -0.25) is 14.9 Å². The maximum Gasteiger partial charge on any atom is 0.271 e. The Labute approximate surface area is 134 Å². The molecule has 2 N–H and O–H groups in total. The van der Waals surface area contributed by atoms with E-state index in [1.807, 2.05) is 24.3 Å². The van der Waals surface area contributed by atoms with E-state index in [1.54, 1.807) is 6.08 Å². The fourth-order valence-corrected chi connectivity index (χ4v) is 1.92. The Kier molecular flexibility index (Phi) is 4.90. The van der Waals surface area contributed by atoms with E-state index in [-0.39, 0.29) is 17.1 Å². The number of amides is 1. The second-order valence-corrected chi connectivity index (χ2v) is 5.25. The van der Waals surface area contributed by atoms with Gasteiger partial charge in [0.15, 0.2) is 0 Å². The summed E-state index contributed by atoms with van der Waals surface area (Å²) in [4.78, 5) is 21.9. The van der Waals surface area contributed by atoms with E-state index in [1.165, 1.54) is 6.08 Å². The van der Waals surface area contributed by atoms with Gasteiger partial charge in [0.25, 0.3) is 5.69 Å². The number of hydrogen-bond donors (Lipinski definition) is 2. The molecular weight excluding hydrogens is 352 g/mol. The number of hydrogen-bond acceptors (Lipinski definition) is 4. The summed E-state index contributed by atoms with van der Waals surface area (Å²) < 4.78 is 0.926. The van der Waals surface area contributed by atoms with Crippen LogP contribution in [0.15, 0.2) is 53.0 Å². The highest BCUT2D eigenvalue weighted by Gasteiger charge is 2.11. The molecule has 2 aromatic rings. The molecule has 0 aliphatic carbocycles. The van der Waals surface area contributed by atoms with E-state index in [4.69, 9.17) is 0 Å². The maximum absolute atomic E-state index is 11.8. The minimum Gasteiger partial charge on any atom is -0.506 e. The Morgan fingerprint density at radius 2 is 1.91 bits per heavy atom. The number of nitro groups is 1. The van der Waals surface area contributed by atoms with Gasteiger partial charge in [-0.2, -0.15) is 0 Å². The summed E-state index contributed by atoms with van der Waals surface area (Å²) in [5, 5.41) is 22.7. The molecule has 0 spiro atoms. The number of benzene rings is 2. The first-order valence-corrected chi connectivity index (χ1v) is 6.97. The van der Waals surface area contributed by atoms with Crippen LogP contribution in [0.25, 0.3) is 6.08 Å². The molecule has 2 rings (SSSR count). The normalized spacial score (nSPS) is 10.6. The van der Waals surface area contributed by atoms with Crippen LogP contribution in [-0.2, 0) is 4.79 Å². The van der Waals surface area contributed by atoms with Gasteiger partial charge in [0.05, 0.1) is 10.6 Å². The molecule has 0 bridgehead atoms. The molecule has 22 heavy (non-hydrogen) atoms. The van der Waals surface area contributed by atoms with Gasteiger partial charge in [-0.1, -0.05) is 28.1 Å². The topological polar surface area (TPSA) is 92.5 Å². The van der Waals surface area contributed by atoms with Crippen molar-refractivity contribution >= 4 is 39.3 Å². The Morgan fingerprint density at radius 3 is 2.55 bits per heavy atom. The van der Waals surface area contributed by atoms with Crippen LogP contribution in [0.1, 0.15) is 5.56 Å². The van der Waals surface area contributed by atoms with Crippen molar-refractivity contribution < 1.29 is 14.8 Å². The lowest BCUT2D eigenvalue weighted by molar-refractivity contribution is -0.384. The quantitative estimate of drug-likeness (QED) is 0.375. The van der Waals surface area contributed by atoms with E-state index >= 15 is 0 Å². The number of phenolic OH excluding ortho intramolecular Hbond substituents is 1. The monoisotopic (exact) mass is 362 g/mol. The first-order valence-electron chi connectivity index (χ1n) is 6.18. The molecule has 0 aromatic heterocycles. The van der Waals surface area contributed by atoms with Crippen molar-refractivity contribution in [1.29, 1.82) is 0 Å². The van der Waals surface area contributed by atoms with Crippen molar-refractivity contribution in [2.45, 2.75) is 0 Å². The van der Waals surface area contributed by atoms with Crippen LogP contribution in [0.3, 0.4) is 0 Å². The van der Waals surface area contributed by atoms with Crippen LogP contribution in [-0.4, -0.2) is 15.9 Å². The van der Waals surface area contributed by atoms with E-state index in [0.717, 1.165) is 28.2 Å². The molecule has 0 aliphatic heterocycles. The van der Waals surface area contributed by atoms with Crippen LogP contribution >= 0.6 is 15.9 Å². The van der Waals surface area contributed by atoms with Gasteiger partial charge in [0.2, 0.25) is 5.91 Å². The first-order chi connectivity index (χ1) is 10.5. The maximum atomic E-state index is 11.8. The van der Waals surface area contributed by atoms with Crippen LogP contribution < -0.4 is 5.32 Å². The summed E-state index contributed by atoms with van der Waals surface area (Å²) in [7, 11) is 0. The van der Waals surface area contributed by atoms with E-state index in [9.17, 15) is 20.0 Å². The number of aromatic hydroxyl groups is 1. The molecule has 2 aromatic carbocycles. The molecule has 1 amide bonds. The number of phenols is 1. The zero-order valence-corrected chi connectivity index (χ0v) is 12.8. The number of non-ortho nitro benzene ring substituents is 1. The fourth-order valence-electron chi connectivity index (χ4n) is 1.66. The Bertz CT molecular complexity index is 742. The number of halogens is 1. The lowest BCUT2D eigenvalue weighted by atomic mass is 10.2. The summed E-state index contributed by atoms with van der Waals surface area (Å²) in [5.41, 5.74) is 0.589. The fraction of sp³-hybridized carbons (Fsp3) is 0. The van der Waals surface area contributed by atoms with Gasteiger partial charge in [-0.05, 0) is 29.8 Å². The number of nitro benzene ring substituents is 1. The molecule has 0 atom stereocenters. The zero-order chi connectivity index (χ0) is 16.1. The molecule has 112 valence electrons. The van der Waals surface area contributed by atoms with Crippen LogP contribution in [0.2, 0.25) is 0 Å². The third-order valence-electron chi connectivity index (χ3n) is 2.75. The molecular formula is C15H11BrN2O4. The van der Waals surface area contributed by atoms with Crippen LogP contribution in [0.5, 0.6) is 5.75 Å². The largest absolute Gasteiger partial charge is 0.506 e. The highest BCUT2D eigenvalue weighted by Crippen LogP contribution is 2.27. The Morgan fingerprint density at radius 1 is 1.23 bits per heavy atom. The van der Waals surface area contributed by atoms with Crippen molar-refractivity contribution in [3.63, 3.8) is 0 Å². The lowest BCUT2D eigenvalue weighted by Crippen LogP contribution is -2.08. The predicted octanol–water partition coefficient (Wildman–Crippen LogP) is 3.71. The Balaban J connectivity index is 2.10. The summed E-state index contributed by atoms with van der Waals surface area (Å²) in [6.07, 6.45) is 2.87. The summed E-state index contributed by atoms with van der Waals surface area (Å²) in [6.45, 7) is 0. The highest BCUT2D eigenvalue weighted by molar-refractivity contribution is 9.10. The average Bonchev–Trinajstić information content (AvgIpc) is 2.48. The molecule has 0 radical (unpaired) electrons. The number of carbonyl (C=O) groups is 1. The van der Waals surface area contributed by atoms with Gasteiger partial charge in [-0.25, -0.2) is 0 Å². The number of nitrogens with zero attached hydrogens (tertiary/aromatic N) is 1. The van der Waals surface area contributed by atoms with Crippen molar-refractivity contribution in [2.75, 3.05) is 5.32 Å². The summed E-state index contributed by atoms with van der Waals surface area (Å²) in [5.74, 6) is -0.741. The van der Waals surface area contributed by atoms with Gasteiger partial charge < -0.3 is 10.4 Å². The molecule has 6 nitrogen and oxygen atoms in total. The van der Waals surface area contributed by atoms with Crippen molar-refractivity contribution in [3.8, 4) is 5.75 Å². The first kappa shape index (κ1) is 15.7. The third kappa shape index (κ3) is 4.16. The van der Waals surface area contributed by atoms with Crippen molar-refractivity contribution in [2.24, 2.45) is 0 Å².